The highest BCUT2D eigenvalue weighted by Crippen LogP contribution is 2.07. The summed E-state index contributed by atoms with van der Waals surface area (Å²) in [4.78, 5) is 0. The Balaban J connectivity index is 3.65. The lowest BCUT2D eigenvalue weighted by molar-refractivity contribution is 0.153. The van der Waals surface area contributed by atoms with Gasteiger partial charge in [0.2, 0.25) is 0 Å². The Morgan fingerprint density at radius 3 is 2.22 bits per heavy atom. The normalized spacial score (nSPS) is 16.6. The van der Waals surface area contributed by atoms with Gasteiger partial charge in [0.25, 0.3) is 0 Å². The maximum Gasteiger partial charge on any atom is 0.0724 e. The van der Waals surface area contributed by atoms with E-state index in [-0.39, 0.29) is 12.2 Å². The SMILES string of the molecule is CCCCC(O)CCC=CC=CC(O)CCCC=CC(O)CC. The molecular formula is C20H36O3. The summed E-state index contributed by atoms with van der Waals surface area (Å²) in [6.07, 6.45) is 18.5. The van der Waals surface area contributed by atoms with Crippen molar-refractivity contribution in [3.05, 3.63) is 36.5 Å². The van der Waals surface area contributed by atoms with Gasteiger partial charge in [-0.1, -0.05) is 63.1 Å². The molecule has 0 saturated carbocycles. The number of hydrogen-bond donors (Lipinski definition) is 3. The van der Waals surface area contributed by atoms with E-state index >= 15 is 0 Å². The van der Waals surface area contributed by atoms with Crippen LogP contribution in [-0.4, -0.2) is 33.6 Å². The summed E-state index contributed by atoms with van der Waals surface area (Å²) in [6, 6.07) is 0. The summed E-state index contributed by atoms with van der Waals surface area (Å²) < 4.78 is 0. The van der Waals surface area contributed by atoms with Gasteiger partial charge in [-0.25, -0.2) is 0 Å². The summed E-state index contributed by atoms with van der Waals surface area (Å²) in [5.74, 6) is 0. The average molecular weight is 325 g/mol. The lowest BCUT2D eigenvalue weighted by atomic mass is 10.1. The Bertz CT molecular complexity index is 334. The van der Waals surface area contributed by atoms with Crippen LogP contribution in [0, 0.1) is 0 Å². The first-order valence-electron chi connectivity index (χ1n) is 9.14. The molecule has 3 heteroatoms. The van der Waals surface area contributed by atoms with Gasteiger partial charge in [0.05, 0.1) is 18.3 Å². The zero-order valence-corrected chi connectivity index (χ0v) is 14.9. The summed E-state index contributed by atoms with van der Waals surface area (Å²) in [5.41, 5.74) is 0. The molecule has 3 atom stereocenters. The Morgan fingerprint density at radius 2 is 1.52 bits per heavy atom. The molecule has 0 heterocycles. The third-order valence-corrected chi connectivity index (χ3v) is 3.79. The molecule has 0 aromatic heterocycles. The maximum absolute atomic E-state index is 9.81. The minimum Gasteiger partial charge on any atom is -0.393 e. The average Bonchev–Trinajstić information content (AvgIpc) is 2.55. The quantitative estimate of drug-likeness (QED) is 0.254. The Hall–Kier alpha value is -0.900. The summed E-state index contributed by atoms with van der Waals surface area (Å²) in [7, 11) is 0. The number of aliphatic hydroxyl groups excluding tert-OH is 3. The van der Waals surface area contributed by atoms with Crippen molar-refractivity contribution in [2.75, 3.05) is 0 Å². The molecule has 134 valence electrons. The highest BCUT2D eigenvalue weighted by molar-refractivity contribution is 5.04. The Kier molecular flexibility index (Phi) is 15.4. The molecule has 0 aromatic carbocycles. The number of unbranched alkanes of at least 4 members (excludes halogenated alkanes) is 2. The van der Waals surface area contributed by atoms with Crippen LogP contribution < -0.4 is 0 Å². The molecule has 0 aliphatic carbocycles. The summed E-state index contributed by atoms with van der Waals surface area (Å²) in [5, 5.41) is 28.9. The first-order chi connectivity index (χ1) is 11.1. The van der Waals surface area contributed by atoms with Crippen LogP contribution in [0.4, 0.5) is 0 Å². The van der Waals surface area contributed by atoms with Crippen LogP contribution in [-0.2, 0) is 0 Å². The van der Waals surface area contributed by atoms with Crippen molar-refractivity contribution >= 4 is 0 Å². The molecule has 23 heavy (non-hydrogen) atoms. The van der Waals surface area contributed by atoms with E-state index in [0.717, 1.165) is 57.8 Å². The zero-order chi connectivity index (χ0) is 17.3. The number of allylic oxidation sites excluding steroid dienone is 4. The van der Waals surface area contributed by atoms with Crippen LogP contribution in [0.2, 0.25) is 0 Å². The third kappa shape index (κ3) is 15.8. The van der Waals surface area contributed by atoms with Crippen LogP contribution in [0.15, 0.2) is 36.5 Å². The minimum atomic E-state index is -0.417. The number of aliphatic hydroxyl groups is 3. The highest BCUT2D eigenvalue weighted by atomic mass is 16.3. The molecule has 3 unspecified atom stereocenters. The van der Waals surface area contributed by atoms with Crippen molar-refractivity contribution in [2.45, 2.75) is 89.9 Å². The van der Waals surface area contributed by atoms with Crippen molar-refractivity contribution in [1.82, 2.24) is 0 Å². The van der Waals surface area contributed by atoms with E-state index in [0.29, 0.717) is 0 Å². The van der Waals surface area contributed by atoms with Crippen molar-refractivity contribution < 1.29 is 15.3 Å². The van der Waals surface area contributed by atoms with Gasteiger partial charge in [0, 0.05) is 0 Å². The second kappa shape index (κ2) is 16.0. The standard InChI is InChI=1S/C20H36O3/c1-3-5-13-19(22)15-9-6-7-10-16-20(23)17-12-8-11-14-18(21)4-2/h6-7,10-11,14,16,18-23H,3-5,8-9,12-13,15,17H2,1-2H3. The van der Waals surface area contributed by atoms with Crippen LogP contribution in [0.1, 0.15) is 71.6 Å². The van der Waals surface area contributed by atoms with E-state index in [9.17, 15) is 15.3 Å². The predicted octanol–water partition coefficient (Wildman–Crippen LogP) is 4.29. The van der Waals surface area contributed by atoms with E-state index in [1.165, 1.54) is 0 Å². The van der Waals surface area contributed by atoms with E-state index < -0.39 is 6.10 Å². The van der Waals surface area contributed by atoms with Crippen molar-refractivity contribution in [3.8, 4) is 0 Å². The zero-order valence-electron chi connectivity index (χ0n) is 14.9. The molecule has 0 amide bonds. The Morgan fingerprint density at radius 1 is 0.739 bits per heavy atom. The number of rotatable bonds is 14. The smallest absolute Gasteiger partial charge is 0.0724 e. The van der Waals surface area contributed by atoms with Crippen molar-refractivity contribution in [1.29, 1.82) is 0 Å². The fraction of sp³-hybridized carbons (Fsp3) is 0.700. The van der Waals surface area contributed by atoms with E-state index in [1.807, 2.05) is 37.3 Å². The largest absolute Gasteiger partial charge is 0.393 e. The predicted molar refractivity (Wildman–Crippen MR) is 98.3 cm³/mol. The lowest BCUT2D eigenvalue weighted by Crippen LogP contribution is -2.04. The molecule has 3 N–H and O–H groups in total. The molecular weight excluding hydrogens is 288 g/mol. The molecule has 0 aromatic rings. The van der Waals surface area contributed by atoms with Crippen molar-refractivity contribution in [2.24, 2.45) is 0 Å². The van der Waals surface area contributed by atoms with Gasteiger partial charge in [-0.15, -0.1) is 0 Å². The van der Waals surface area contributed by atoms with E-state index in [2.05, 4.69) is 6.92 Å². The molecule has 0 spiro atoms. The lowest BCUT2D eigenvalue weighted by Gasteiger charge is -2.07. The second-order valence-electron chi connectivity index (χ2n) is 6.09. The monoisotopic (exact) mass is 324 g/mol. The third-order valence-electron chi connectivity index (χ3n) is 3.79. The molecule has 3 nitrogen and oxygen atoms in total. The van der Waals surface area contributed by atoms with Gasteiger partial charge in [-0.3, -0.25) is 0 Å². The van der Waals surface area contributed by atoms with Gasteiger partial charge in [0.1, 0.15) is 0 Å². The summed E-state index contributed by atoms with van der Waals surface area (Å²) in [6.45, 7) is 4.08. The first-order valence-corrected chi connectivity index (χ1v) is 9.14. The molecule has 0 rings (SSSR count). The molecule has 0 bridgehead atoms. The number of hydrogen-bond acceptors (Lipinski definition) is 3. The molecule has 0 aliphatic heterocycles. The van der Waals surface area contributed by atoms with Gasteiger partial charge >= 0.3 is 0 Å². The van der Waals surface area contributed by atoms with Crippen molar-refractivity contribution in [3.63, 3.8) is 0 Å². The van der Waals surface area contributed by atoms with E-state index in [1.54, 1.807) is 6.08 Å². The van der Waals surface area contributed by atoms with E-state index in [4.69, 9.17) is 0 Å². The molecule has 0 aliphatic rings. The van der Waals surface area contributed by atoms with Gasteiger partial charge in [-0.05, 0) is 44.9 Å². The fourth-order valence-electron chi connectivity index (χ4n) is 2.17. The van der Waals surface area contributed by atoms with Crippen LogP contribution >= 0.6 is 0 Å². The van der Waals surface area contributed by atoms with Gasteiger partial charge in [-0.2, -0.15) is 0 Å². The summed E-state index contributed by atoms with van der Waals surface area (Å²) >= 11 is 0. The second-order valence-corrected chi connectivity index (χ2v) is 6.09. The van der Waals surface area contributed by atoms with Crippen LogP contribution in [0.5, 0.6) is 0 Å². The van der Waals surface area contributed by atoms with Crippen LogP contribution in [0.3, 0.4) is 0 Å². The highest BCUT2D eigenvalue weighted by Gasteiger charge is 2.00. The molecule has 0 radical (unpaired) electrons. The fourth-order valence-corrected chi connectivity index (χ4v) is 2.17. The van der Waals surface area contributed by atoms with Crippen LogP contribution in [0.25, 0.3) is 0 Å². The maximum atomic E-state index is 9.81. The van der Waals surface area contributed by atoms with Gasteiger partial charge in [0.15, 0.2) is 0 Å². The topological polar surface area (TPSA) is 60.7 Å². The Labute approximate surface area is 142 Å². The first kappa shape index (κ1) is 22.1. The minimum absolute atomic E-state index is 0.187. The van der Waals surface area contributed by atoms with Gasteiger partial charge < -0.3 is 15.3 Å². The molecule has 0 fully saturated rings. The molecule has 0 saturated heterocycles.